The average molecular weight is 185 g/mol. The van der Waals surface area contributed by atoms with Gasteiger partial charge in [0.2, 0.25) is 0 Å². The van der Waals surface area contributed by atoms with Crippen LogP contribution < -0.4 is 0 Å². The second kappa shape index (κ2) is 3.39. The zero-order chi connectivity index (χ0) is 10.2. The van der Waals surface area contributed by atoms with Crippen molar-refractivity contribution in [1.82, 2.24) is 4.90 Å². The van der Waals surface area contributed by atoms with Gasteiger partial charge in [0.1, 0.15) is 0 Å². The molecule has 0 bridgehead atoms. The van der Waals surface area contributed by atoms with Crippen LogP contribution in [0, 0.1) is 5.41 Å². The molecule has 3 heteroatoms. The molecular formula is C10H19NO2. The van der Waals surface area contributed by atoms with Crippen LogP contribution >= 0.6 is 0 Å². The van der Waals surface area contributed by atoms with Gasteiger partial charge in [-0.25, -0.2) is 0 Å². The number of nitrogens with zero attached hydrogens (tertiary/aromatic N) is 1. The molecule has 2 unspecified atom stereocenters. The topological polar surface area (TPSA) is 29.5 Å². The number of ketones is 1. The van der Waals surface area contributed by atoms with Gasteiger partial charge in [-0.05, 0) is 14.0 Å². The molecule has 0 spiro atoms. The number of likely N-dealkylation sites (N-methyl/N-ethyl adjacent to an activating group) is 1. The van der Waals surface area contributed by atoms with Gasteiger partial charge in [0.05, 0.1) is 6.61 Å². The zero-order valence-electron chi connectivity index (χ0n) is 9.13. The molecule has 2 atom stereocenters. The van der Waals surface area contributed by atoms with Crippen molar-refractivity contribution in [2.45, 2.75) is 40.0 Å². The highest BCUT2D eigenvalue weighted by Crippen LogP contribution is 2.24. The molecule has 1 aliphatic heterocycles. The van der Waals surface area contributed by atoms with Crippen molar-refractivity contribution in [2.75, 3.05) is 13.7 Å². The van der Waals surface area contributed by atoms with E-state index in [4.69, 9.17) is 4.74 Å². The van der Waals surface area contributed by atoms with E-state index in [9.17, 15) is 4.79 Å². The molecule has 13 heavy (non-hydrogen) atoms. The zero-order valence-corrected chi connectivity index (χ0v) is 9.13. The molecule has 0 radical (unpaired) electrons. The Labute approximate surface area is 80.1 Å². The van der Waals surface area contributed by atoms with Crippen LogP contribution in [0.2, 0.25) is 0 Å². The molecule has 1 heterocycles. The number of Topliss-reactive ketones (excluding diaryl/α,β-unsaturated/α-hetero) is 1. The van der Waals surface area contributed by atoms with Gasteiger partial charge in [0.15, 0.2) is 12.0 Å². The van der Waals surface area contributed by atoms with Gasteiger partial charge in [-0.15, -0.1) is 0 Å². The fraction of sp³-hybridized carbons (Fsp3) is 0.900. The third-order valence-corrected chi connectivity index (χ3v) is 2.52. The first-order chi connectivity index (χ1) is 5.84. The van der Waals surface area contributed by atoms with Crippen LogP contribution in [-0.2, 0) is 9.53 Å². The number of hydrogen-bond donors (Lipinski definition) is 0. The fourth-order valence-corrected chi connectivity index (χ4v) is 1.33. The molecule has 1 rings (SSSR count). The summed E-state index contributed by atoms with van der Waals surface area (Å²) in [6, 6.07) is 0.344. The lowest BCUT2D eigenvalue weighted by Gasteiger charge is -2.26. The lowest BCUT2D eigenvalue weighted by atomic mass is 9.89. The first-order valence-corrected chi connectivity index (χ1v) is 4.72. The maximum atomic E-state index is 11.9. The predicted molar refractivity (Wildman–Crippen MR) is 51.4 cm³/mol. The fourth-order valence-electron chi connectivity index (χ4n) is 1.33. The minimum Gasteiger partial charge on any atom is -0.354 e. The second-order valence-electron chi connectivity index (χ2n) is 4.81. The van der Waals surface area contributed by atoms with E-state index in [-0.39, 0.29) is 17.4 Å². The van der Waals surface area contributed by atoms with Gasteiger partial charge in [-0.2, -0.15) is 0 Å². The van der Waals surface area contributed by atoms with Gasteiger partial charge in [0.25, 0.3) is 0 Å². The van der Waals surface area contributed by atoms with Gasteiger partial charge in [-0.1, -0.05) is 20.8 Å². The Hall–Kier alpha value is -0.410. The molecule has 76 valence electrons. The molecule has 0 N–H and O–H groups in total. The summed E-state index contributed by atoms with van der Waals surface area (Å²) >= 11 is 0. The molecule has 1 aliphatic rings. The van der Waals surface area contributed by atoms with Crippen LogP contribution in [0.15, 0.2) is 0 Å². The van der Waals surface area contributed by atoms with Crippen molar-refractivity contribution in [3.8, 4) is 0 Å². The summed E-state index contributed by atoms with van der Waals surface area (Å²) < 4.78 is 5.44. The maximum Gasteiger partial charge on any atom is 0.181 e. The van der Waals surface area contributed by atoms with E-state index < -0.39 is 0 Å². The number of carbonyl (C=O) groups is 1. The third kappa shape index (κ3) is 2.09. The normalized spacial score (nSPS) is 30.8. The van der Waals surface area contributed by atoms with Crippen LogP contribution in [-0.4, -0.2) is 36.6 Å². The lowest BCUT2D eigenvalue weighted by Crippen LogP contribution is -2.42. The number of rotatable bonds is 1. The minimum atomic E-state index is -0.338. The van der Waals surface area contributed by atoms with Crippen LogP contribution in [0.1, 0.15) is 27.7 Å². The predicted octanol–water partition coefficient (Wildman–Crippen LogP) is 1.28. The van der Waals surface area contributed by atoms with Crippen molar-refractivity contribution >= 4 is 5.78 Å². The summed E-state index contributed by atoms with van der Waals surface area (Å²) in [5.41, 5.74) is -0.316. The molecule has 1 fully saturated rings. The lowest BCUT2D eigenvalue weighted by molar-refractivity contribution is -0.141. The molecule has 3 nitrogen and oxygen atoms in total. The van der Waals surface area contributed by atoms with E-state index in [1.807, 2.05) is 32.7 Å². The summed E-state index contributed by atoms with van der Waals surface area (Å²) in [6.07, 6.45) is -0.338. The van der Waals surface area contributed by atoms with Gasteiger partial charge in [0, 0.05) is 11.5 Å². The Morgan fingerprint density at radius 2 is 2.00 bits per heavy atom. The molecule has 1 saturated heterocycles. The summed E-state index contributed by atoms with van der Waals surface area (Å²) in [5, 5.41) is 0. The van der Waals surface area contributed by atoms with Crippen LogP contribution in [0.25, 0.3) is 0 Å². The van der Waals surface area contributed by atoms with Gasteiger partial charge in [-0.3, -0.25) is 9.69 Å². The van der Waals surface area contributed by atoms with E-state index in [0.717, 1.165) is 0 Å². The Kier molecular flexibility index (Phi) is 2.78. The van der Waals surface area contributed by atoms with E-state index in [2.05, 4.69) is 6.92 Å². The van der Waals surface area contributed by atoms with Crippen LogP contribution in [0.4, 0.5) is 0 Å². The highest BCUT2D eigenvalue weighted by molar-refractivity contribution is 5.87. The maximum absolute atomic E-state index is 11.9. The summed E-state index contributed by atoms with van der Waals surface area (Å²) in [5.74, 6) is 0.166. The van der Waals surface area contributed by atoms with E-state index in [1.54, 1.807) is 0 Å². The van der Waals surface area contributed by atoms with E-state index >= 15 is 0 Å². The first kappa shape index (κ1) is 10.7. The Morgan fingerprint density at radius 1 is 1.46 bits per heavy atom. The highest BCUT2D eigenvalue weighted by atomic mass is 16.5. The monoisotopic (exact) mass is 185 g/mol. The van der Waals surface area contributed by atoms with Crippen molar-refractivity contribution in [2.24, 2.45) is 5.41 Å². The minimum absolute atomic E-state index is 0.166. The number of carbonyl (C=O) groups excluding carboxylic acids is 1. The summed E-state index contributed by atoms with van der Waals surface area (Å²) in [7, 11) is 1.94. The average Bonchev–Trinajstić information content (AvgIpc) is 2.30. The number of hydrogen-bond acceptors (Lipinski definition) is 3. The standard InChI is InChI=1S/C10H19NO2/c1-7-6-13-9(11(7)5)8(12)10(2,3)4/h7,9H,6H2,1-5H3. The first-order valence-electron chi connectivity index (χ1n) is 4.72. The second-order valence-corrected chi connectivity index (χ2v) is 4.81. The molecule has 0 amide bonds. The molecule has 0 aliphatic carbocycles. The quantitative estimate of drug-likeness (QED) is 0.616. The SMILES string of the molecule is CC1COC(C(=O)C(C)(C)C)N1C. The van der Waals surface area contributed by atoms with Crippen molar-refractivity contribution in [1.29, 1.82) is 0 Å². The largest absolute Gasteiger partial charge is 0.354 e. The molecule has 0 aromatic carbocycles. The van der Waals surface area contributed by atoms with Crippen LogP contribution in [0.5, 0.6) is 0 Å². The van der Waals surface area contributed by atoms with Crippen LogP contribution in [0.3, 0.4) is 0 Å². The number of ether oxygens (including phenoxy) is 1. The van der Waals surface area contributed by atoms with E-state index in [0.29, 0.717) is 12.6 Å². The Morgan fingerprint density at radius 3 is 2.31 bits per heavy atom. The van der Waals surface area contributed by atoms with Crippen molar-refractivity contribution in [3.05, 3.63) is 0 Å². The van der Waals surface area contributed by atoms with Crippen molar-refractivity contribution in [3.63, 3.8) is 0 Å². The summed E-state index contributed by atoms with van der Waals surface area (Å²) in [4.78, 5) is 13.8. The Balaban J connectivity index is 2.69. The highest BCUT2D eigenvalue weighted by Gasteiger charge is 2.38. The molecule has 0 aromatic heterocycles. The van der Waals surface area contributed by atoms with E-state index in [1.165, 1.54) is 0 Å². The molecular weight excluding hydrogens is 166 g/mol. The third-order valence-electron chi connectivity index (χ3n) is 2.52. The van der Waals surface area contributed by atoms with Crippen molar-refractivity contribution < 1.29 is 9.53 Å². The molecule has 0 aromatic rings. The Bertz CT molecular complexity index is 207. The van der Waals surface area contributed by atoms with Gasteiger partial charge < -0.3 is 4.74 Å². The summed E-state index contributed by atoms with van der Waals surface area (Å²) in [6.45, 7) is 8.50. The smallest absolute Gasteiger partial charge is 0.181 e. The molecule has 0 saturated carbocycles. The van der Waals surface area contributed by atoms with Gasteiger partial charge >= 0.3 is 0 Å².